The fourth-order valence-electron chi connectivity index (χ4n) is 1.23. The zero-order chi connectivity index (χ0) is 11.2. The smallest absolute Gasteiger partial charge is 0.207 e. The SMILES string of the molecule is CC(C)(C)c1cc2c(Cl)nc(Cl)nc2s1. The first kappa shape index (κ1) is 11.1. The Balaban J connectivity index is 2.71. The monoisotopic (exact) mass is 260 g/mol. The quantitative estimate of drug-likeness (QED) is 0.522. The first-order chi connectivity index (χ1) is 6.88. The Bertz CT molecular complexity index is 514. The summed E-state index contributed by atoms with van der Waals surface area (Å²) in [5.74, 6) is 0. The van der Waals surface area contributed by atoms with Crippen LogP contribution < -0.4 is 0 Å². The van der Waals surface area contributed by atoms with Gasteiger partial charge in [-0.2, -0.15) is 0 Å². The van der Waals surface area contributed by atoms with Crippen LogP contribution >= 0.6 is 34.5 Å². The highest BCUT2D eigenvalue weighted by Gasteiger charge is 2.19. The lowest BCUT2D eigenvalue weighted by Crippen LogP contribution is -2.07. The van der Waals surface area contributed by atoms with Gasteiger partial charge in [0.15, 0.2) is 0 Å². The number of hydrogen-bond acceptors (Lipinski definition) is 3. The maximum atomic E-state index is 6.00. The maximum absolute atomic E-state index is 6.00. The molecule has 80 valence electrons. The summed E-state index contributed by atoms with van der Waals surface area (Å²) in [6, 6.07) is 2.04. The van der Waals surface area contributed by atoms with Crippen molar-refractivity contribution in [2.75, 3.05) is 0 Å². The lowest BCUT2D eigenvalue weighted by atomic mass is 9.94. The van der Waals surface area contributed by atoms with E-state index in [1.165, 1.54) is 4.88 Å². The third-order valence-electron chi connectivity index (χ3n) is 2.06. The van der Waals surface area contributed by atoms with Gasteiger partial charge in [0.2, 0.25) is 5.28 Å². The molecule has 0 amide bonds. The number of thiophene rings is 1. The predicted octanol–water partition coefficient (Wildman–Crippen LogP) is 4.30. The van der Waals surface area contributed by atoms with Gasteiger partial charge < -0.3 is 0 Å². The van der Waals surface area contributed by atoms with Crippen LogP contribution in [0.4, 0.5) is 0 Å². The van der Waals surface area contributed by atoms with E-state index >= 15 is 0 Å². The lowest BCUT2D eigenvalue weighted by Gasteiger charge is -2.14. The molecule has 0 bridgehead atoms. The zero-order valence-corrected chi connectivity index (χ0v) is 11.0. The molecule has 0 aromatic carbocycles. The van der Waals surface area contributed by atoms with Crippen LogP contribution in [0.1, 0.15) is 25.6 Å². The molecule has 0 saturated heterocycles. The molecule has 0 N–H and O–H groups in total. The molecular weight excluding hydrogens is 251 g/mol. The molecule has 5 heteroatoms. The molecule has 0 atom stereocenters. The number of nitrogens with zero attached hydrogens (tertiary/aromatic N) is 2. The van der Waals surface area contributed by atoms with Crippen molar-refractivity contribution < 1.29 is 0 Å². The first-order valence-electron chi connectivity index (χ1n) is 4.51. The summed E-state index contributed by atoms with van der Waals surface area (Å²) in [5.41, 5.74) is 0.0984. The highest BCUT2D eigenvalue weighted by Crippen LogP contribution is 2.35. The first-order valence-corrected chi connectivity index (χ1v) is 6.08. The molecule has 2 heterocycles. The van der Waals surface area contributed by atoms with Crippen molar-refractivity contribution in [3.8, 4) is 0 Å². The zero-order valence-electron chi connectivity index (χ0n) is 8.64. The third-order valence-corrected chi connectivity index (χ3v) is 3.97. The van der Waals surface area contributed by atoms with Gasteiger partial charge in [0, 0.05) is 10.3 Å². The van der Waals surface area contributed by atoms with Crippen LogP contribution in [-0.4, -0.2) is 9.97 Å². The van der Waals surface area contributed by atoms with Gasteiger partial charge in [-0.3, -0.25) is 0 Å². The largest absolute Gasteiger partial charge is 0.225 e. The van der Waals surface area contributed by atoms with Gasteiger partial charge in [-0.1, -0.05) is 32.4 Å². The van der Waals surface area contributed by atoms with Gasteiger partial charge in [-0.25, -0.2) is 9.97 Å². The van der Waals surface area contributed by atoms with E-state index in [1.807, 2.05) is 6.07 Å². The van der Waals surface area contributed by atoms with E-state index in [2.05, 4.69) is 30.7 Å². The summed E-state index contributed by atoms with van der Waals surface area (Å²) in [6.45, 7) is 6.46. The number of aromatic nitrogens is 2. The molecule has 0 aliphatic rings. The molecule has 0 unspecified atom stereocenters. The molecule has 2 rings (SSSR count). The number of fused-ring (bicyclic) bond motifs is 1. The molecule has 15 heavy (non-hydrogen) atoms. The van der Waals surface area contributed by atoms with Crippen molar-refractivity contribution in [2.45, 2.75) is 26.2 Å². The van der Waals surface area contributed by atoms with E-state index in [0.29, 0.717) is 5.15 Å². The Hall–Kier alpha value is -0.380. The fourth-order valence-corrected chi connectivity index (χ4v) is 2.86. The van der Waals surface area contributed by atoms with Crippen LogP contribution in [0.2, 0.25) is 10.4 Å². The van der Waals surface area contributed by atoms with Crippen LogP contribution in [-0.2, 0) is 5.41 Å². The Morgan fingerprint density at radius 1 is 1.20 bits per heavy atom. The van der Waals surface area contributed by atoms with Crippen LogP contribution in [0.3, 0.4) is 0 Å². The molecule has 0 spiro atoms. The summed E-state index contributed by atoms with van der Waals surface area (Å²) in [6.07, 6.45) is 0. The van der Waals surface area contributed by atoms with Gasteiger partial charge >= 0.3 is 0 Å². The van der Waals surface area contributed by atoms with Crippen molar-refractivity contribution >= 4 is 44.8 Å². The van der Waals surface area contributed by atoms with Crippen molar-refractivity contribution in [3.05, 3.63) is 21.4 Å². The minimum Gasteiger partial charge on any atom is -0.207 e. The fraction of sp³-hybridized carbons (Fsp3) is 0.400. The van der Waals surface area contributed by atoms with Gasteiger partial charge in [-0.15, -0.1) is 11.3 Å². The van der Waals surface area contributed by atoms with Gasteiger partial charge in [0.25, 0.3) is 0 Å². The average molecular weight is 261 g/mol. The Morgan fingerprint density at radius 2 is 1.87 bits per heavy atom. The molecule has 0 aliphatic heterocycles. The summed E-state index contributed by atoms with van der Waals surface area (Å²) in [5, 5.41) is 1.52. The summed E-state index contributed by atoms with van der Waals surface area (Å²) in [7, 11) is 0. The molecule has 2 aromatic rings. The highest BCUT2D eigenvalue weighted by atomic mass is 35.5. The van der Waals surface area contributed by atoms with E-state index in [9.17, 15) is 0 Å². The van der Waals surface area contributed by atoms with Crippen LogP contribution in [0.25, 0.3) is 10.2 Å². The van der Waals surface area contributed by atoms with Gasteiger partial charge in [-0.05, 0) is 23.1 Å². The number of halogens is 2. The minimum absolute atomic E-state index is 0.0984. The summed E-state index contributed by atoms with van der Waals surface area (Å²) in [4.78, 5) is 10.2. The van der Waals surface area contributed by atoms with Crippen molar-refractivity contribution in [1.29, 1.82) is 0 Å². The highest BCUT2D eigenvalue weighted by molar-refractivity contribution is 7.18. The third kappa shape index (κ3) is 2.10. The molecule has 0 fully saturated rings. The maximum Gasteiger partial charge on any atom is 0.225 e. The molecule has 2 nitrogen and oxygen atoms in total. The topological polar surface area (TPSA) is 25.8 Å². The number of rotatable bonds is 0. The molecule has 2 aromatic heterocycles. The number of hydrogen-bond donors (Lipinski definition) is 0. The minimum atomic E-state index is 0.0984. The van der Waals surface area contributed by atoms with E-state index in [4.69, 9.17) is 23.2 Å². The normalized spacial score (nSPS) is 12.3. The van der Waals surface area contributed by atoms with E-state index < -0.39 is 0 Å². The van der Waals surface area contributed by atoms with E-state index in [-0.39, 0.29) is 10.7 Å². The van der Waals surface area contributed by atoms with Crippen molar-refractivity contribution in [3.63, 3.8) is 0 Å². The van der Waals surface area contributed by atoms with Gasteiger partial charge in [0.1, 0.15) is 9.98 Å². The predicted molar refractivity (Wildman–Crippen MR) is 66.1 cm³/mol. The standard InChI is InChI=1S/C10H10Cl2N2S/c1-10(2,3)6-4-5-7(11)13-9(12)14-8(5)15-6/h4H,1-3H3. The Morgan fingerprint density at radius 3 is 2.47 bits per heavy atom. The van der Waals surface area contributed by atoms with Crippen molar-refractivity contribution in [1.82, 2.24) is 9.97 Å². The second kappa shape index (κ2) is 3.58. The molecule has 0 radical (unpaired) electrons. The van der Waals surface area contributed by atoms with E-state index in [0.717, 1.165) is 10.2 Å². The van der Waals surface area contributed by atoms with Crippen molar-refractivity contribution in [2.24, 2.45) is 0 Å². The molecular formula is C10H10Cl2N2S. The Labute approximate surface area is 102 Å². The summed E-state index contributed by atoms with van der Waals surface area (Å²) < 4.78 is 0. The average Bonchev–Trinajstić information content (AvgIpc) is 2.46. The van der Waals surface area contributed by atoms with Crippen LogP contribution in [0, 0.1) is 0 Å². The second-order valence-electron chi connectivity index (χ2n) is 4.36. The van der Waals surface area contributed by atoms with E-state index in [1.54, 1.807) is 11.3 Å². The van der Waals surface area contributed by atoms with Crippen LogP contribution in [0.15, 0.2) is 6.07 Å². The second-order valence-corrected chi connectivity index (χ2v) is 6.09. The molecule has 0 saturated carbocycles. The van der Waals surface area contributed by atoms with Crippen LogP contribution in [0.5, 0.6) is 0 Å². The Kier molecular flexibility index (Phi) is 2.65. The molecule has 0 aliphatic carbocycles. The van der Waals surface area contributed by atoms with Gasteiger partial charge in [0.05, 0.1) is 0 Å². The summed E-state index contributed by atoms with van der Waals surface area (Å²) >= 11 is 13.4. The lowest BCUT2D eigenvalue weighted by molar-refractivity contribution is 0.604.